The molecule has 0 radical (unpaired) electrons. The number of nitrogens with zero attached hydrogens (tertiary/aromatic N) is 2. The highest BCUT2D eigenvalue weighted by Gasteiger charge is 2.31. The zero-order valence-electron chi connectivity index (χ0n) is 22.0. The predicted molar refractivity (Wildman–Crippen MR) is 140 cm³/mol. The molecule has 0 saturated carbocycles. The Kier molecular flexibility index (Phi) is 8.65. The lowest BCUT2D eigenvalue weighted by molar-refractivity contribution is -0.123. The van der Waals surface area contributed by atoms with Gasteiger partial charge in [0.25, 0.3) is 5.91 Å². The number of carbonyl (C=O) groups is 2. The van der Waals surface area contributed by atoms with Gasteiger partial charge in [0, 0.05) is 35.8 Å². The van der Waals surface area contributed by atoms with E-state index in [1.54, 1.807) is 19.9 Å². The smallest absolute Gasteiger partial charge is 0.254 e. The molecule has 2 N–H and O–H groups in total. The summed E-state index contributed by atoms with van der Waals surface area (Å²) in [5.41, 5.74) is 4.40. The van der Waals surface area contributed by atoms with Crippen molar-refractivity contribution in [3.8, 4) is 16.9 Å². The molecule has 2 aromatic rings. The Morgan fingerprint density at radius 3 is 2.24 bits per heavy atom. The van der Waals surface area contributed by atoms with E-state index in [2.05, 4.69) is 4.90 Å². The Morgan fingerprint density at radius 1 is 0.974 bits per heavy atom. The summed E-state index contributed by atoms with van der Waals surface area (Å²) in [7, 11) is 0. The minimum Gasteiger partial charge on any atom is -0.493 e. The number of piperidine rings is 2. The quantitative estimate of drug-likeness (QED) is 0.523. The summed E-state index contributed by atoms with van der Waals surface area (Å²) in [6, 6.07) is 7.47. The van der Waals surface area contributed by atoms with Gasteiger partial charge in [-0.1, -0.05) is 6.07 Å². The van der Waals surface area contributed by atoms with Crippen LogP contribution in [0.5, 0.6) is 5.75 Å². The second kappa shape index (κ2) is 11.8. The van der Waals surface area contributed by atoms with E-state index < -0.39 is 35.2 Å². The second-order valence-corrected chi connectivity index (χ2v) is 11.0. The van der Waals surface area contributed by atoms with Crippen LogP contribution < -0.4 is 10.5 Å². The van der Waals surface area contributed by atoms with Gasteiger partial charge in [0.1, 0.15) is 29.1 Å². The van der Waals surface area contributed by atoms with E-state index in [1.165, 1.54) is 29.2 Å². The Morgan fingerprint density at radius 2 is 1.63 bits per heavy atom. The molecule has 0 spiro atoms. The number of hydrogen-bond acceptors (Lipinski definition) is 4. The lowest BCUT2D eigenvalue weighted by Crippen LogP contribution is -2.50. The largest absolute Gasteiger partial charge is 0.493 e. The van der Waals surface area contributed by atoms with Crippen LogP contribution in [0.3, 0.4) is 0 Å². The summed E-state index contributed by atoms with van der Waals surface area (Å²) in [6.07, 6.45) is 3.78. The van der Waals surface area contributed by atoms with Crippen LogP contribution in [0.2, 0.25) is 0 Å². The maximum absolute atomic E-state index is 15.0. The molecule has 4 rings (SSSR count). The molecular formula is C29H36F3N3O3. The van der Waals surface area contributed by atoms with Gasteiger partial charge in [-0.05, 0) is 89.2 Å². The fourth-order valence-electron chi connectivity index (χ4n) is 5.36. The van der Waals surface area contributed by atoms with Gasteiger partial charge >= 0.3 is 0 Å². The molecule has 0 aliphatic carbocycles. The van der Waals surface area contributed by atoms with E-state index >= 15 is 4.39 Å². The molecule has 2 aliphatic rings. The zero-order chi connectivity index (χ0) is 27.4. The van der Waals surface area contributed by atoms with Crippen molar-refractivity contribution in [2.24, 2.45) is 11.7 Å². The van der Waals surface area contributed by atoms with E-state index in [4.69, 9.17) is 10.5 Å². The van der Waals surface area contributed by atoms with Crippen molar-refractivity contribution in [3.63, 3.8) is 0 Å². The van der Waals surface area contributed by atoms with Crippen molar-refractivity contribution in [1.29, 1.82) is 0 Å². The zero-order valence-corrected chi connectivity index (χ0v) is 22.0. The van der Waals surface area contributed by atoms with E-state index in [1.807, 2.05) is 0 Å². The third kappa shape index (κ3) is 6.87. The van der Waals surface area contributed by atoms with Gasteiger partial charge in [-0.15, -0.1) is 0 Å². The van der Waals surface area contributed by atoms with Crippen molar-refractivity contribution >= 4 is 11.8 Å². The average Bonchev–Trinajstić information content (AvgIpc) is 2.87. The van der Waals surface area contributed by atoms with Gasteiger partial charge < -0.3 is 20.3 Å². The van der Waals surface area contributed by atoms with Crippen LogP contribution >= 0.6 is 0 Å². The SMILES string of the molecule is CC(C)(F)CN1CCC(COc2ccc(-c3ccc(C(=O)N4CCCC[C@H]4C(N)=O)cc3F)c(F)c2)CC1. The molecule has 2 aromatic carbocycles. The fraction of sp³-hybridized carbons (Fsp3) is 0.517. The molecule has 38 heavy (non-hydrogen) atoms. The Labute approximate surface area is 221 Å². The van der Waals surface area contributed by atoms with Gasteiger partial charge in [-0.2, -0.15) is 0 Å². The van der Waals surface area contributed by atoms with Crippen molar-refractivity contribution in [1.82, 2.24) is 9.80 Å². The fourth-order valence-corrected chi connectivity index (χ4v) is 5.36. The lowest BCUT2D eigenvalue weighted by atomic mass is 9.96. The molecule has 2 heterocycles. The number of alkyl halides is 1. The van der Waals surface area contributed by atoms with Crippen LogP contribution in [0.25, 0.3) is 11.1 Å². The molecule has 2 fully saturated rings. The maximum atomic E-state index is 15.0. The first-order valence-corrected chi connectivity index (χ1v) is 13.3. The number of primary amides is 1. The Hall–Kier alpha value is -3.07. The van der Waals surface area contributed by atoms with E-state index in [0.29, 0.717) is 37.8 Å². The topological polar surface area (TPSA) is 75.9 Å². The lowest BCUT2D eigenvalue weighted by Gasteiger charge is -2.34. The van der Waals surface area contributed by atoms with E-state index in [9.17, 15) is 18.4 Å². The van der Waals surface area contributed by atoms with Crippen molar-refractivity contribution in [2.45, 2.75) is 57.7 Å². The molecule has 2 amide bonds. The van der Waals surface area contributed by atoms with Gasteiger partial charge in [-0.25, -0.2) is 13.2 Å². The predicted octanol–water partition coefficient (Wildman–Crippen LogP) is 4.95. The average molecular weight is 532 g/mol. The number of nitrogens with two attached hydrogens (primary N) is 1. The van der Waals surface area contributed by atoms with Gasteiger partial charge in [-0.3, -0.25) is 9.59 Å². The van der Waals surface area contributed by atoms with Gasteiger partial charge in [0.05, 0.1) is 6.61 Å². The van der Waals surface area contributed by atoms with Crippen LogP contribution in [0.4, 0.5) is 13.2 Å². The maximum Gasteiger partial charge on any atom is 0.254 e. The number of hydrogen-bond donors (Lipinski definition) is 1. The summed E-state index contributed by atoms with van der Waals surface area (Å²) in [5, 5.41) is 0. The van der Waals surface area contributed by atoms with Crippen LogP contribution in [0.1, 0.15) is 56.3 Å². The summed E-state index contributed by atoms with van der Waals surface area (Å²) in [4.78, 5) is 28.2. The summed E-state index contributed by atoms with van der Waals surface area (Å²) >= 11 is 0. The molecular weight excluding hydrogens is 495 g/mol. The van der Waals surface area contributed by atoms with Gasteiger partial charge in [0.2, 0.25) is 5.91 Å². The van der Waals surface area contributed by atoms with Gasteiger partial charge in [0.15, 0.2) is 0 Å². The summed E-state index contributed by atoms with van der Waals surface area (Å²) in [5.74, 6) is -1.76. The number of ether oxygens (including phenoxy) is 1. The van der Waals surface area contributed by atoms with E-state index in [0.717, 1.165) is 44.8 Å². The summed E-state index contributed by atoms with van der Waals surface area (Å²) in [6.45, 7) is 5.97. The molecule has 2 saturated heterocycles. The van der Waals surface area contributed by atoms with E-state index in [-0.39, 0.29) is 16.7 Å². The highest BCUT2D eigenvalue weighted by atomic mass is 19.1. The monoisotopic (exact) mass is 531 g/mol. The third-order valence-corrected chi connectivity index (χ3v) is 7.33. The molecule has 2 aliphatic heterocycles. The molecule has 1 atom stereocenters. The first-order valence-electron chi connectivity index (χ1n) is 13.3. The number of amides is 2. The number of likely N-dealkylation sites (tertiary alicyclic amines) is 2. The Bertz CT molecular complexity index is 1160. The van der Waals surface area contributed by atoms with Crippen molar-refractivity contribution in [2.75, 3.05) is 32.8 Å². The van der Waals surface area contributed by atoms with Crippen LogP contribution in [-0.2, 0) is 4.79 Å². The molecule has 9 heteroatoms. The molecule has 0 aromatic heterocycles. The normalized spacial score (nSPS) is 19.4. The minimum absolute atomic E-state index is 0.0267. The van der Waals surface area contributed by atoms with Crippen LogP contribution in [0, 0.1) is 17.6 Å². The summed E-state index contributed by atoms with van der Waals surface area (Å²) < 4.78 is 49.7. The molecule has 0 bridgehead atoms. The molecule has 206 valence electrons. The highest BCUT2D eigenvalue weighted by molar-refractivity contribution is 5.98. The number of benzene rings is 2. The van der Waals surface area contributed by atoms with Crippen molar-refractivity contribution < 1.29 is 27.5 Å². The van der Waals surface area contributed by atoms with Crippen LogP contribution in [0.15, 0.2) is 36.4 Å². The first kappa shape index (κ1) is 28.0. The first-order chi connectivity index (χ1) is 18.0. The van der Waals surface area contributed by atoms with Crippen molar-refractivity contribution in [3.05, 3.63) is 53.6 Å². The van der Waals surface area contributed by atoms with Crippen LogP contribution in [-0.4, -0.2) is 66.1 Å². The Balaban J connectivity index is 1.38. The third-order valence-electron chi connectivity index (χ3n) is 7.33. The number of rotatable bonds is 8. The number of carbonyl (C=O) groups excluding carboxylic acids is 2. The number of halogens is 3. The second-order valence-electron chi connectivity index (χ2n) is 11.0. The molecule has 0 unspecified atom stereocenters. The minimum atomic E-state index is -1.22. The highest BCUT2D eigenvalue weighted by Crippen LogP contribution is 2.30. The molecule has 6 nitrogen and oxygen atoms in total. The standard InChI is InChI=1S/C29H36F3N3O3/c1-29(2,32)18-34-13-10-19(11-14-34)17-38-21-7-9-23(25(31)16-21)22-8-6-20(15-24(22)30)28(37)35-12-4-3-5-26(35)27(33)36/h6-9,15-16,19,26H,3-5,10-14,17-18H2,1-2H3,(H2,33,36)/t26-/m0/s1.